The summed E-state index contributed by atoms with van der Waals surface area (Å²) < 4.78 is 5.93. The van der Waals surface area contributed by atoms with Crippen molar-refractivity contribution in [3.05, 3.63) is 47.3 Å². The maximum atomic E-state index is 12.7. The second-order valence-electron chi connectivity index (χ2n) is 6.69. The zero-order valence-corrected chi connectivity index (χ0v) is 15.2. The summed E-state index contributed by atoms with van der Waals surface area (Å²) in [5.74, 6) is 1.30. The van der Waals surface area contributed by atoms with Gasteiger partial charge in [0.05, 0.1) is 18.9 Å². The van der Waals surface area contributed by atoms with Crippen molar-refractivity contribution < 1.29 is 9.53 Å². The third-order valence-corrected chi connectivity index (χ3v) is 4.53. The van der Waals surface area contributed by atoms with E-state index in [0.29, 0.717) is 19.0 Å². The molecule has 6 nitrogen and oxygen atoms in total. The van der Waals surface area contributed by atoms with Crippen molar-refractivity contribution in [2.45, 2.75) is 26.4 Å². The van der Waals surface area contributed by atoms with Crippen molar-refractivity contribution in [1.29, 1.82) is 0 Å². The summed E-state index contributed by atoms with van der Waals surface area (Å²) >= 11 is 0. The Hall–Kier alpha value is -2.63. The number of carbonyl (C=O) groups is 1. The van der Waals surface area contributed by atoms with Crippen molar-refractivity contribution >= 4 is 11.7 Å². The molecule has 0 bridgehead atoms. The summed E-state index contributed by atoms with van der Waals surface area (Å²) in [5.41, 5.74) is 3.06. The summed E-state index contributed by atoms with van der Waals surface area (Å²) in [6, 6.07) is 5.84. The van der Waals surface area contributed by atoms with Crippen molar-refractivity contribution in [3.63, 3.8) is 0 Å². The molecule has 1 aliphatic heterocycles. The molecule has 2 aromatic rings. The van der Waals surface area contributed by atoms with E-state index in [1.165, 1.54) is 5.56 Å². The van der Waals surface area contributed by atoms with Gasteiger partial charge in [0.25, 0.3) is 5.91 Å². The highest BCUT2D eigenvalue weighted by atomic mass is 16.5. The molecule has 1 aliphatic rings. The van der Waals surface area contributed by atoms with Crippen molar-refractivity contribution in [1.82, 2.24) is 14.9 Å². The van der Waals surface area contributed by atoms with Crippen LogP contribution in [0.15, 0.2) is 30.6 Å². The molecule has 1 amide bonds. The van der Waals surface area contributed by atoms with E-state index in [2.05, 4.69) is 9.97 Å². The summed E-state index contributed by atoms with van der Waals surface area (Å²) in [5, 5.41) is 0. The van der Waals surface area contributed by atoms with Crippen LogP contribution in [0.5, 0.6) is 5.88 Å². The van der Waals surface area contributed by atoms with E-state index >= 15 is 0 Å². The van der Waals surface area contributed by atoms with Gasteiger partial charge in [0.15, 0.2) is 5.82 Å². The highest BCUT2D eigenvalue weighted by Gasteiger charge is 2.28. The number of likely N-dealkylation sites (tertiary alicyclic amines) is 1. The van der Waals surface area contributed by atoms with Gasteiger partial charge in [-0.3, -0.25) is 9.78 Å². The molecule has 0 N–H and O–H groups in total. The Labute approximate surface area is 148 Å². The number of ether oxygens (including phenoxy) is 1. The molecule has 1 atom stereocenters. The zero-order chi connectivity index (χ0) is 18.0. The van der Waals surface area contributed by atoms with E-state index in [4.69, 9.17) is 4.74 Å². The quantitative estimate of drug-likeness (QED) is 0.856. The number of aryl methyl sites for hydroxylation is 2. The topological polar surface area (TPSA) is 58.6 Å². The molecule has 6 heteroatoms. The Morgan fingerprint density at radius 1 is 1.24 bits per heavy atom. The molecule has 1 unspecified atom stereocenters. The monoisotopic (exact) mass is 340 g/mol. The number of hydrogen-bond donors (Lipinski definition) is 0. The van der Waals surface area contributed by atoms with Gasteiger partial charge in [0.2, 0.25) is 5.88 Å². The minimum absolute atomic E-state index is 0.0535. The van der Waals surface area contributed by atoms with Gasteiger partial charge in [-0.05, 0) is 37.1 Å². The minimum Gasteiger partial charge on any atom is -0.471 e. The molecule has 25 heavy (non-hydrogen) atoms. The number of anilines is 1. The van der Waals surface area contributed by atoms with E-state index < -0.39 is 0 Å². The molecule has 3 rings (SSSR count). The fraction of sp³-hybridized carbons (Fsp3) is 0.421. The number of rotatable bonds is 4. The second-order valence-corrected chi connectivity index (χ2v) is 6.69. The number of hydrogen-bond acceptors (Lipinski definition) is 5. The van der Waals surface area contributed by atoms with Gasteiger partial charge < -0.3 is 14.5 Å². The maximum absolute atomic E-state index is 12.7. The van der Waals surface area contributed by atoms with Crippen LogP contribution in [0.1, 0.15) is 27.9 Å². The van der Waals surface area contributed by atoms with Crippen LogP contribution in [0, 0.1) is 13.8 Å². The SMILES string of the molecule is Cc1ccc(C(=O)N2CCC(Oc3cncc(N(C)C)n3)C2)cc1C. The van der Waals surface area contributed by atoms with Crippen LogP contribution in [0.25, 0.3) is 0 Å². The average Bonchev–Trinajstić information content (AvgIpc) is 3.05. The van der Waals surface area contributed by atoms with Gasteiger partial charge >= 0.3 is 0 Å². The highest BCUT2D eigenvalue weighted by molar-refractivity contribution is 5.94. The largest absolute Gasteiger partial charge is 0.471 e. The highest BCUT2D eigenvalue weighted by Crippen LogP contribution is 2.20. The van der Waals surface area contributed by atoms with Crippen LogP contribution >= 0.6 is 0 Å². The smallest absolute Gasteiger partial charge is 0.253 e. The predicted octanol–water partition coefficient (Wildman–Crippen LogP) is 2.45. The van der Waals surface area contributed by atoms with Gasteiger partial charge in [-0.15, -0.1) is 0 Å². The molecule has 0 saturated carbocycles. The normalized spacial score (nSPS) is 16.8. The molecule has 132 valence electrons. The van der Waals surface area contributed by atoms with E-state index in [1.54, 1.807) is 12.4 Å². The van der Waals surface area contributed by atoms with E-state index in [1.807, 2.05) is 55.9 Å². The van der Waals surface area contributed by atoms with Crippen LogP contribution in [0.4, 0.5) is 5.82 Å². The predicted molar refractivity (Wildman–Crippen MR) is 97.2 cm³/mol. The standard InChI is InChI=1S/C19H24N4O2/c1-13-5-6-15(9-14(13)2)19(24)23-8-7-16(12-23)25-18-11-20-10-17(21-18)22(3)4/h5-6,9-11,16H,7-8,12H2,1-4H3. The number of nitrogens with zero attached hydrogens (tertiary/aromatic N) is 4. The molecular formula is C19H24N4O2. The first-order valence-corrected chi connectivity index (χ1v) is 8.46. The Morgan fingerprint density at radius 3 is 2.76 bits per heavy atom. The zero-order valence-electron chi connectivity index (χ0n) is 15.2. The molecule has 0 spiro atoms. The van der Waals surface area contributed by atoms with Gasteiger partial charge in [-0.1, -0.05) is 6.07 Å². The lowest BCUT2D eigenvalue weighted by Crippen LogP contribution is -2.31. The molecule has 1 saturated heterocycles. The molecule has 2 heterocycles. The summed E-state index contributed by atoms with van der Waals surface area (Å²) in [7, 11) is 3.82. The van der Waals surface area contributed by atoms with E-state index in [0.717, 1.165) is 23.4 Å². The third-order valence-electron chi connectivity index (χ3n) is 4.53. The number of amides is 1. The first-order chi connectivity index (χ1) is 11.9. The number of aromatic nitrogens is 2. The van der Waals surface area contributed by atoms with Gasteiger partial charge in [0.1, 0.15) is 6.10 Å². The Morgan fingerprint density at radius 2 is 2.04 bits per heavy atom. The first kappa shape index (κ1) is 17.2. The molecule has 1 aromatic heterocycles. The minimum atomic E-state index is -0.0535. The lowest BCUT2D eigenvalue weighted by atomic mass is 10.1. The molecule has 0 radical (unpaired) electrons. The lowest BCUT2D eigenvalue weighted by molar-refractivity contribution is 0.0771. The third kappa shape index (κ3) is 3.90. The van der Waals surface area contributed by atoms with Crippen LogP contribution in [0.3, 0.4) is 0 Å². The molecule has 0 aliphatic carbocycles. The van der Waals surface area contributed by atoms with Gasteiger partial charge in [-0.2, -0.15) is 4.98 Å². The summed E-state index contributed by atoms with van der Waals surface area (Å²) in [6.07, 6.45) is 4.05. The summed E-state index contributed by atoms with van der Waals surface area (Å²) in [6.45, 7) is 5.33. The number of benzene rings is 1. The fourth-order valence-electron chi connectivity index (χ4n) is 2.85. The van der Waals surface area contributed by atoms with E-state index in [-0.39, 0.29) is 12.0 Å². The lowest BCUT2D eigenvalue weighted by Gasteiger charge is -2.18. The van der Waals surface area contributed by atoms with E-state index in [9.17, 15) is 4.79 Å². The van der Waals surface area contributed by atoms with Gasteiger partial charge in [0, 0.05) is 32.6 Å². The Bertz CT molecular complexity index is 776. The second kappa shape index (κ2) is 7.09. The van der Waals surface area contributed by atoms with Crippen molar-refractivity contribution in [3.8, 4) is 5.88 Å². The Kier molecular flexibility index (Phi) is 4.88. The van der Waals surface area contributed by atoms with Crippen molar-refractivity contribution in [2.75, 3.05) is 32.1 Å². The summed E-state index contributed by atoms with van der Waals surface area (Å²) in [4.78, 5) is 25.0. The average molecular weight is 340 g/mol. The number of carbonyl (C=O) groups excluding carboxylic acids is 1. The van der Waals surface area contributed by atoms with Crippen LogP contribution < -0.4 is 9.64 Å². The molecular weight excluding hydrogens is 316 g/mol. The maximum Gasteiger partial charge on any atom is 0.253 e. The molecule has 1 aromatic carbocycles. The molecule has 1 fully saturated rings. The Balaban J connectivity index is 1.64. The van der Waals surface area contributed by atoms with Crippen LogP contribution in [-0.4, -0.2) is 54.1 Å². The van der Waals surface area contributed by atoms with Crippen molar-refractivity contribution in [2.24, 2.45) is 0 Å². The van der Waals surface area contributed by atoms with Crippen LogP contribution in [-0.2, 0) is 0 Å². The van der Waals surface area contributed by atoms with Gasteiger partial charge in [-0.25, -0.2) is 0 Å². The first-order valence-electron chi connectivity index (χ1n) is 8.46. The van der Waals surface area contributed by atoms with Crippen LogP contribution in [0.2, 0.25) is 0 Å². The fourth-order valence-corrected chi connectivity index (χ4v) is 2.85.